The van der Waals surface area contributed by atoms with Crippen LogP contribution in [0.4, 0.5) is 10.5 Å². The molecule has 26 heavy (non-hydrogen) atoms. The Morgan fingerprint density at radius 2 is 2.04 bits per heavy atom. The van der Waals surface area contributed by atoms with Crippen LogP contribution in [0.2, 0.25) is 0 Å². The number of nitrogens with zero attached hydrogens (tertiary/aromatic N) is 1. The summed E-state index contributed by atoms with van der Waals surface area (Å²) >= 11 is 0. The number of nitro benzene ring substituents is 1. The van der Waals surface area contributed by atoms with Crippen LogP contribution in [0.25, 0.3) is 0 Å². The van der Waals surface area contributed by atoms with Gasteiger partial charge in [-0.3, -0.25) is 14.9 Å². The van der Waals surface area contributed by atoms with E-state index in [1.807, 2.05) is 20.8 Å². The van der Waals surface area contributed by atoms with Gasteiger partial charge >= 0.3 is 12.0 Å². The van der Waals surface area contributed by atoms with Crippen molar-refractivity contribution in [1.29, 1.82) is 0 Å². The molecule has 0 aromatic heterocycles. The molecule has 0 aliphatic carbocycles. The summed E-state index contributed by atoms with van der Waals surface area (Å²) < 4.78 is 5.56. The molecule has 1 aromatic rings. The number of esters is 1. The van der Waals surface area contributed by atoms with E-state index in [1.165, 1.54) is 18.2 Å². The average Bonchev–Trinajstić information content (AvgIpc) is 2.53. The first-order valence-electron chi connectivity index (χ1n) is 8.22. The molecule has 2 rings (SSSR count). The largest absolute Gasteiger partial charge is 0.462 e. The molecule has 140 valence electrons. The molecule has 0 spiro atoms. The number of non-ortho nitro benzene ring substituents is 1. The predicted octanol–water partition coefficient (Wildman–Crippen LogP) is 3.06. The topological polar surface area (TPSA) is 111 Å². The van der Waals surface area contributed by atoms with E-state index >= 15 is 0 Å². The number of hydrogen-bond acceptors (Lipinski definition) is 5. The number of hydrogen-bond donors (Lipinski definition) is 2. The second-order valence-corrected chi connectivity index (χ2v) is 7.38. The molecule has 2 N–H and O–H groups in total. The maximum atomic E-state index is 12.8. The molecule has 1 saturated heterocycles. The van der Waals surface area contributed by atoms with E-state index in [4.69, 9.17) is 4.74 Å². The first kappa shape index (κ1) is 19.4. The van der Waals surface area contributed by atoms with Crippen LogP contribution in [-0.2, 0) is 9.53 Å². The molecule has 3 unspecified atom stereocenters. The number of urea groups is 1. The first-order chi connectivity index (χ1) is 12.0. The van der Waals surface area contributed by atoms with E-state index in [0.29, 0.717) is 5.56 Å². The highest BCUT2D eigenvalue weighted by molar-refractivity contribution is 5.85. The fraction of sp³-hybridized carbons (Fsp3) is 0.444. The molecule has 0 radical (unpaired) electrons. The third kappa shape index (κ3) is 4.19. The van der Waals surface area contributed by atoms with Gasteiger partial charge in [0.05, 0.1) is 11.0 Å². The van der Waals surface area contributed by atoms with Gasteiger partial charge in [-0.2, -0.15) is 0 Å². The number of nitro groups is 1. The molecule has 1 aliphatic rings. The van der Waals surface area contributed by atoms with Gasteiger partial charge in [-0.25, -0.2) is 4.79 Å². The minimum atomic E-state index is -0.903. The minimum Gasteiger partial charge on any atom is -0.462 e. The standard InChI is InChI=1S/C18H23N3O5/c1-10-14(16(22)26-11(2)18(3,4)5)15(20-17(23)19-10)12-7-6-8-13(9-12)21(24)25/h6-9,11,14-15H,1H2,2-5H3,(H2,19,20,23). The van der Waals surface area contributed by atoms with Crippen LogP contribution >= 0.6 is 0 Å². The van der Waals surface area contributed by atoms with Crippen LogP contribution in [0.15, 0.2) is 36.5 Å². The minimum absolute atomic E-state index is 0.129. The van der Waals surface area contributed by atoms with Crippen molar-refractivity contribution in [2.24, 2.45) is 11.3 Å². The second kappa shape index (κ2) is 7.15. The van der Waals surface area contributed by atoms with E-state index < -0.39 is 28.9 Å². The highest BCUT2D eigenvalue weighted by Gasteiger charge is 2.40. The summed E-state index contributed by atoms with van der Waals surface area (Å²) in [5.41, 5.74) is 0.233. The lowest BCUT2D eigenvalue weighted by Gasteiger charge is -2.35. The summed E-state index contributed by atoms with van der Waals surface area (Å²) in [5.74, 6) is -1.46. The summed E-state index contributed by atoms with van der Waals surface area (Å²) in [6, 6.07) is 4.46. The SMILES string of the molecule is C=C1NC(=O)NC(c2cccc([N+](=O)[O-])c2)C1C(=O)OC(C)C(C)(C)C. The molecule has 0 saturated carbocycles. The van der Waals surface area contributed by atoms with Crippen molar-refractivity contribution in [2.75, 3.05) is 0 Å². The van der Waals surface area contributed by atoms with Crippen LogP contribution in [0.1, 0.15) is 39.3 Å². The van der Waals surface area contributed by atoms with Gasteiger partial charge in [-0.1, -0.05) is 39.5 Å². The molecule has 8 nitrogen and oxygen atoms in total. The zero-order chi connectivity index (χ0) is 19.6. The van der Waals surface area contributed by atoms with E-state index in [9.17, 15) is 19.7 Å². The van der Waals surface area contributed by atoms with E-state index in [2.05, 4.69) is 17.2 Å². The quantitative estimate of drug-likeness (QED) is 0.486. The average molecular weight is 361 g/mol. The van der Waals surface area contributed by atoms with Crippen molar-refractivity contribution in [3.8, 4) is 0 Å². The molecule has 3 atom stereocenters. The number of amides is 2. The number of ether oxygens (including phenoxy) is 1. The van der Waals surface area contributed by atoms with Gasteiger partial charge in [0.15, 0.2) is 0 Å². The Morgan fingerprint density at radius 3 is 2.62 bits per heavy atom. The lowest BCUT2D eigenvalue weighted by molar-refractivity contribution is -0.384. The van der Waals surface area contributed by atoms with Crippen LogP contribution in [-0.4, -0.2) is 23.0 Å². The molecule has 1 fully saturated rings. The summed E-state index contributed by atoms with van der Waals surface area (Å²) in [7, 11) is 0. The molecule has 1 aliphatic heterocycles. The monoisotopic (exact) mass is 361 g/mol. The maximum absolute atomic E-state index is 12.8. The third-order valence-electron chi connectivity index (χ3n) is 4.48. The van der Waals surface area contributed by atoms with Crippen molar-refractivity contribution in [2.45, 2.75) is 39.8 Å². The van der Waals surface area contributed by atoms with Crippen molar-refractivity contribution >= 4 is 17.7 Å². The normalized spacial score (nSPS) is 21.4. The Balaban J connectivity index is 2.36. The van der Waals surface area contributed by atoms with Gasteiger partial charge in [-0.15, -0.1) is 0 Å². The van der Waals surface area contributed by atoms with E-state index in [0.717, 1.165) is 0 Å². The zero-order valence-corrected chi connectivity index (χ0v) is 15.2. The van der Waals surface area contributed by atoms with Gasteiger partial charge in [0.2, 0.25) is 0 Å². The Bertz CT molecular complexity index is 753. The van der Waals surface area contributed by atoms with Gasteiger partial charge in [0, 0.05) is 17.8 Å². The Morgan fingerprint density at radius 1 is 1.38 bits per heavy atom. The second-order valence-electron chi connectivity index (χ2n) is 7.38. The molecule has 2 amide bonds. The molecular weight excluding hydrogens is 338 g/mol. The van der Waals surface area contributed by atoms with Gasteiger partial charge in [-0.05, 0) is 17.9 Å². The number of carbonyl (C=O) groups excluding carboxylic acids is 2. The lowest BCUT2D eigenvalue weighted by Crippen LogP contribution is -2.51. The first-order valence-corrected chi connectivity index (χ1v) is 8.22. The van der Waals surface area contributed by atoms with E-state index in [1.54, 1.807) is 13.0 Å². The van der Waals surface area contributed by atoms with Gasteiger partial charge < -0.3 is 15.4 Å². The van der Waals surface area contributed by atoms with Crippen LogP contribution < -0.4 is 10.6 Å². The van der Waals surface area contributed by atoms with E-state index in [-0.39, 0.29) is 22.9 Å². The van der Waals surface area contributed by atoms with Crippen molar-refractivity contribution in [3.63, 3.8) is 0 Å². The number of nitrogens with one attached hydrogen (secondary N) is 2. The molecule has 8 heteroatoms. The Kier molecular flexibility index (Phi) is 5.34. The third-order valence-corrected chi connectivity index (χ3v) is 4.48. The summed E-state index contributed by atoms with van der Waals surface area (Å²) in [4.78, 5) is 35.1. The van der Waals surface area contributed by atoms with Gasteiger partial charge in [0.25, 0.3) is 5.69 Å². The fourth-order valence-electron chi connectivity index (χ4n) is 2.50. The fourth-order valence-corrected chi connectivity index (χ4v) is 2.50. The number of carbonyl (C=O) groups is 2. The highest BCUT2D eigenvalue weighted by atomic mass is 16.6. The molecule has 1 heterocycles. The highest BCUT2D eigenvalue weighted by Crippen LogP contribution is 2.33. The molecular formula is C18H23N3O5. The molecule has 0 bridgehead atoms. The lowest BCUT2D eigenvalue weighted by atomic mass is 9.87. The smallest absolute Gasteiger partial charge is 0.319 e. The number of rotatable bonds is 4. The van der Waals surface area contributed by atoms with Crippen LogP contribution in [0, 0.1) is 21.4 Å². The summed E-state index contributed by atoms with van der Waals surface area (Å²) in [5, 5.41) is 16.2. The summed E-state index contributed by atoms with van der Waals surface area (Å²) in [6.45, 7) is 11.4. The van der Waals surface area contributed by atoms with Crippen molar-refractivity contribution in [1.82, 2.24) is 10.6 Å². The zero-order valence-electron chi connectivity index (χ0n) is 15.2. The Labute approximate surface area is 151 Å². The van der Waals surface area contributed by atoms with Gasteiger partial charge in [0.1, 0.15) is 12.0 Å². The van der Waals surface area contributed by atoms with Crippen molar-refractivity contribution in [3.05, 3.63) is 52.2 Å². The molecule has 1 aromatic carbocycles. The number of benzene rings is 1. The van der Waals surface area contributed by atoms with Crippen LogP contribution in [0.3, 0.4) is 0 Å². The predicted molar refractivity (Wildman–Crippen MR) is 95.1 cm³/mol. The summed E-state index contributed by atoms with van der Waals surface area (Å²) in [6.07, 6.45) is -0.369. The Hall–Kier alpha value is -2.90. The maximum Gasteiger partial charge on any atom is 0.319 e. The van der Waals surface area contributed by atoms with Crippen LogP contribution in [0.5, 0.6) is 0 Å². The van der Waals surface area contributed by atoms with Crippen molar-refractivity contribution < 1.29 is 19.2 Å².